The molecule has 1 fully saturated rings. The van der Waals surface area contributed by atoms with Crippen molar-refractivity contribution in [1.29, 1.82) is 0 Å². The van der Waals surface area contributed by atoms with Crippen LogP contribution in [0.2, 0.25) is 5.02 Å². The van der Waals surface area contributed by atoms with Crippen LogP contribution in [0.15, 0.2) is 46.3 Å². The summed E-state index contributed by atoms with van der Waals surface area (Å²) < 4.78 is 0. The molecule has 6 heteroatoms. The molecule has 0 saturated carbocycles. The molecule has 1 amide bonds. The lowest BCUT2D eigenvalue weighted by Crippen LogP contribution is -2.42. The maximum Gasteiger partial charge on any atom is 0.264 e. The van der Waals surface area contributed by atoms with Gasteiger partial charge >= 0.3 is 0 Å². The van der Waals surface area contributed by atoms with Crippen molar-refractivity contribution in [3.8, 4) is 0 Å². The minimum atomic E-state index is -0.160. The highest BCUT2D eigenvalue weighted by Crippen LogP contribution is 2.41. The standard InChI is InChI=1S/C25H26ClN3OS/c1-14-7-8-18(9-15(14)2)27-24-28-23(30)22(31-24)11-17-10-19-16(3)13-25(4,5)29(6)21(19)12-20(17)26/h7-13H,1-6H3,(H,27,28,30)/b22-11-. The smallest absolute Gasteiger partial charge is 0.264 e. The molecule has 0 aliphatic carbocycles. The molecule has 31 heavy (non-hydrogen) atoms. The van der Waals surface area contributed by atoms with Crippen molar-refractivity contribution in [2.75, 3.05) is 11.9 Å². The summed E-state index contributed by atoms with van der Waals surface area (Å²) in [5.74, 6) is -0.160. The lowest BCUT2D eigenvalue weighted by molar-refractivity contribution is -0.115. The van der Waals surface area contributed by atoms with E-state index in [-0.39, 0.29) is 11.4 Å². The Morgan fingerprint density at radius 1 is 1.13 bits per heavy atom. The number of hydrogen-bond acceptors (Lipinski definition) is 4. The van der Waals surface area contributed by atoms with Crippen LogP contribution >= 0.6 is 23.4 Å². The average molecular weight is 452 g/mol. The second-order valence-electron chi connectivity index (χ2n) is 8.68. The van der Waals surface area contributed by atoms with E-state index in [9.17, 15) is 4.79 Å². The summed E-state index contributed by atoms with van der Waals surface area (Å²) in [6.45, 7) is 10.6. The second kappa shape index (κ2) is 7.88. The summed E-state index contributed by atoms with van der Waals surface area (Å²) in [7, 11) is 2.08. The number of amides is 1. The predicted octanol–water partition coefficient (Wildman–Crippen LogP) is 6.48. The van der Waals surface area contributed by atoms with Crippen molar-refractivity contribution in [2.45, 2.75) is 40.2 Å². The van der Waals surface area contributed by atoms with Gasteiger partial charge in [-0.05, 0) is 99.0 Å². The number of thioether (sulfide) groups is 1. The Bertz CT molecular complexity index is 1190. The maximum atomic E-state index is 12.6. The number of aliphatic imine (C=N–C) groups is 1. The molecule has 0 aromatic heterocycles. The van der Waals surface area contributed by atoms with Gasteiger partial charge in [-0.15, -0.1) is 0 Å². The lowest BCUT2D eigenvalue weighted by atomic mass is 9.88. The Morgan fingerprint density at radius 2 is 1.87 bits per heavy atom. The highest BCUT2D eigenvalue weighted by molar-refractivity contribution is 8.18. The van der Waals surface area contributed by atoms with Crippen LogP contribution in [0, 0.1) is 13.8 Å². The second-order valence-corrected chi connectivity index (χ2v) is 10.1. The quantitative estimate of drug-likeness (QED) is 0.531. The lowest BCUT2D eigenvalue weighted by Gasteiger charge is -2.40. The highest BCUT2D eigenvalue weighted by atomic mass is 35.5. The van der Waals surface area contributed by atoms with Crippen LogP contribution in [0.5, 0.6) is 0 Å². The summed E-state index contributed by atoms with van der Waals surface area (Å²) in [5, 5.41) is 4.06. The van der Waals surface area contributed by atoms with Crippen LogP contribution in [0.3, 0.4) is 0 Å². The SMILES string of the molecule is CC1=CC(C)(C)N(C)c2cc(Cl)c(/C=C3\SC(=Nc4ccc(C)c(C)c4)NC3=O)cc21. The van der Waals surface area contributed by atoms with Gasteiger partial charge in [-0.25, -0.2) is 4.99 Å². The van der Waals surface area contributed by atoms with Gasteiger partial charge in [0.05, 0.1) is 16.1 Å². The minimum absolute atomic E-state index is 0.0821. The first-order valence-electron chi connectivity index (χ1n) is 10.2. The maximum absolute atomic E-state index is 12.6. The normalized spacial score (nSPS) is 20.2. The largest absolute Gasteiger partial charge is 0.365 e. The summed E-state index contributed by atoms with van der Waals surface area (Å²) in [4.78, 5) is 20.0. The van der Waals surface area contributed by atoms with Crippen molar-refractivity contribution in [1.82, 2.24) is 5.32 Å². The van der Waals surface area contributed by atoms with E-state index in [1.807, 2.05) is 30.3 Å². The van der Waals surface area contributed by atoms with Gasteiger partial charge in [0.25, 0.3) is 5.91 Å². The van der Waals surface area contributed by atoms with Gasteiger partial charge in [0, 0.05) is 23.3 Å². The van der Waals surface area contributed by atoms with Crippen LogP contribution in [-0.4, -0.2) is 23.7 Å². The Labute approximate surface area is 193 Å². The molecule has 2 aromatic rings. The predicted molar refractivity (Wildman–Crippen MR) is 134 cm³/mol. The molecular formula is C25H26ClN3OS. The van der Waals surface area contributed by atoms with Crippen molar-refractivity contribution >= 4 is 57.5 Å². The van der Waals surface area contributed by atoms with Gasteiger partial charge < -0.3 is 10.2 Å². The number of allylic oxidation sites excluding steroid dienone is 1. The Balaban J connectivity index is 1.66. The minimum Gasteiger partial charge on any atom is -0.365 e. The van der Waals surface area contributed by atoms with E-state index in [4.69, 9.17) is 11.6 Å². The molecule has 1 N–H and O–H groups in total. The molecule has 0 atom stereocenters. The zero-order valence-corrected chi connectivity index (χ0v) is 20.2. The van der Waals surface area contributed by atoms with Gasteiger partial charge in [-0.1, -0.05) is 23.7 Å². The van der Waals surface area contributed by atoms with E-state index in [1.54, 1.807) is 0 Å². The number of benzene rings is 2. The van der Waals surface area contributed by atoms with Gasteiger partial charge in [0.15, 0.2) is 5.17 Å². The van der Waals surface area contributed by atoms with E-state index in [0.29, 0.717) is 15.1 Å². The number of nitrogens with zero attached hydrogens (tertiary/aromatic N) is 2. The number of amidine groups is 1. The molecular weight excluding hydrogens is 426 g/mol. The fourth-order valence-corrected chi connectivity index (χ4v) is 4.88. The van der Waals surface area contributed by atoms with Crippen LogP contribution in [0.4, 0.5) is 11.4 Å². The Kier molecular flexibility index (Phi) is 5.52. The van der Waals surface area contributed by atoms with Crippen molar-refractivity contribution in [2.24, 2.45) is 4.99 Å². The Hall–Kier alpha value is -2.50. The molecule has 2 aliphatic rings. The first kappa shape index (κ1) is 21.7. The molecule has 1 saturated heterocycles. The van der Waals surface area contributed by atoms with E-state index in [2.05, 4.69) is 69.0 Å². The zero-order chi connectivity index (χ0) is 22.5. The van der Waals surface area contributed by atoms with Gasteiger partial charge in [0.2, 0.25) is 0 Å². The highest BCUT2D eigenvalue weighted by Gasteiger charge is 2.30. The first-order chi connectivity index (χ1) is 14.5. The van der Waals surface area contributed by atoms with Crippen LogP contribution in [0.25, 0.3) is 11.6 Å². The van der Waals surface area contributed by atoms with E-state index in [1.165, 1.54) is 28.5 Å². The van der Waals surface area contributed by atoms with Crippen molar-refractivity contribution < 1.29 is 4.79 Å². The average Bonchev–Trinajstić information content (AvgIpc) is 3.02. The number of anilines is 1. The molecule has 4 rings (SSSR count). The third-order valence-corrected chi connectivity index (χ3v) is 7.23. The molecule has 0 radical (unpaired) electrons. The molecule has 0 spiro atoms. The van der Waals surface area contributed by atoms with E-state index < -0.39 is 0 Å². The molecule has 160 valence electrons. The Morgan fingerprint density at radius 3 is 2.58 bits per heavy atom. The van der Waals surface area contributed by atoms with Crippen LogP contribution in [-0.2, 0) is 4.79 Å². The summed E-state index contributed by atoms with van der Waals surface area (Å²) in [5.41, 5.74) is 7.38. The summed E-state index contributed by atoms with van der Waals surface area (Å²) in [6.07, 6.45) is 4.10. The number of halogens is 1. The number of carbonyl (C=O) groups is 1. The van der Waals surface area contributed by atoms with Gasteiger partial charge in [0.1, 0.15) is 0 Å². The topological polar surface area (TPSA) is 44.7 Å². The fraction of sp³-hybridized carbons (Fsp3) is 0.280. The number of aryl methyl sites for hydroxylation is 2. The molecule has 2 aliphatic heterocycles. The van der Waals surface area contributed by atoms with Crippen LogP contribution < -0.4 is 10.2 Å². The summed E-state index contributed by atoms with van der Waals surface area (Å²) >= 11 is 7.96. The molecule has 4 nitrogen and oxygen atoms in total. The van der Waals surface area contributed by atoms with Gasteiger partial charge in [-0.3, -0.25) is 4.79 Å². The van der Waals surface area contributed by atoms with Crippen molar-refractivity contribution in [3.63, 3.8) is 0 Å². The molecule has 0 bridgehead atoms. The molecule has 2 aromatic carbocycles. The number of nitrogens with one attached hydrogen (secondary N) is 1. The van der Waals surface area contributed by atoms with Crippen LogP contribution in [0.1, 0.15) is 43.0 Å². The zero-order valence-electron chi connectivity index (χ0n) is 18.6. The molecule has 0 unspecified atom stereocenters. The number of carbonyl (C=O) groups excluding carboxylic acids is 1. The molecule has 2 heterocycles. The third kappa shape index (κ3) is 4.17. The first-order valence-corrected chi connectivity index (χ1v) is 11.4. The monoisotopic (exact) mass is 451 g/mol. The van der Waals surface area contributed by atoms with E-state index >= 15 is 0 Å². The third-order valence-electron chi connectivity index (χ3n) is 5.99. The summed E-state index contributed by atoms with van der Waals surface area (Å²) in [6, 6.07) is 10.1. The number of likely N-dealkylation sites (N-methyl/N-ethyl adjacent to an activating group) is 1. The van der Waals surface area contributed by atoms with Crippen molar-refractivity contribution in [3.05, 3.63) is 68.6 Å². The number of rotatable bonds is 2. The number of fused-ring (bicyclic) bond motifs is 1. The number of hydrogen-bond donors (Lipinski definition) is 1. The van der Waals surface area contributed by atoms with Gasteiger partial charge in [-0.2, -0.15) is 0 Å². The fourth-order valence-electron chi connectivity index (χ4n) is 3.83. The van der Waals surface area contributed by atoms with E-state index in [0.717, 1.165) is 22.5 Å².